The molecule has 4 aromatic carbocycles. The highest BCUT2D eigenvalue weighted by Gasteiger charge is 2.19. The van der Waals surface area contributed by atoms with Crippen molar-refractivity contribution in [2.75, 3.05) is 7.05 Å². The maximum atomic E-state index is 5.00. The molecule has 0 aliphatic carbocycles. The van der Waals surface area contributed by atoms with Gasteiger partial charge >= 0.3 is 0 Å². The normalized spacial score (nSPS) is 12.5. The van der Waals surface area contributed by atoms with Gasteiger partial charge in [0.25, 0.3) is 0 Å². The molecular weight excluding hydrogens is 506 g/mol. The number of aromatic nitrogens is 6. The molecule has 0 radical (unpaired) electrons. The lowest BCUT2D eigenvalue weighted by Gasteiger charge is -2.12. The van der Waals surface area contributed by atoms with Gasteiger partial charge in [0.15, 0.2) is 0 Å². The number of benzene rings is 4. The third-order valence-electron chi connectivity index (χ3n) is 7.92. The molecule has 0 aliphatic heterocycles. The van der Waals surface area contributed by atoms with E-state index in [1.807, 2.05) is 12.3 Å². The van der Waals surface area contributed by atoms with Crippen molar-refractivity contribution in [3.63, 3.8) is 0 Å². The second-order valence-corrected chi connectivity index (χ2v) is 11.2. The first-order chi connectivity index (χ1) is 19.9. The van der Waals surface area contributed by atoms with E-state index in [1.165, 1.54) is 0 Å². The Morgan fingerprint density at radius 1 is 0.683 bits per heavy atom. The van der Waals surface area contributed by atoms with Crippen LogP contribution < -0.4 is 0 Å². The zero-order chi connectivity index (χ0) is 28.4. The minimum absolute atomic E-state index is 0.278. The molecule has 0 fully saturated rings. The summed E-state index contributed by atoms with van der Waals surface area (Å²) in [5.74, 6) is 2.48. The number of nitrogens with one attached hydrogen (secondary N) is 2. The number of hydrogen-bond donors (Lipinski definition) is 2. The molecule has 0 aliphatic rings. The van der Waals surface area contributed by atoms with Crippen LogP contribution in [0.4, 0.5) is 0 Å². The van der Waals surface area contributed by atoms with Crippen LogP contribution >= 0.6 is 0 Å². The number of H-pyrrole nitrogens is 2. The molecule has 41 heavy (non-hydrogen) atoms. The molecule has 7 rings (SSSR count). The van der Waals surface area contributed by atoms with E-state index in [-0.39, 0.29) is 11.8 Å². The van der Waals surface area contributed by atoms with Crippen molar-refractivity contribution in [1.82, 2.24) is 29.9 Å². The summed E-state index contributed by atoms with van der Waals surface area (Å²) >= 11 is 0. The molecule has 0 atom stereocenters. The molecule has 3 heterocycles. The average molecular weight is 538 g/mol. The summed E-state index contributed by atoms with van der Waals surface area (Å²) in [6, 6.07) is 13.1. The van der Waals surface area contributed by atoms with Gasteiger partial charge in [0.1, 0.15) is 17.2 Å². The summed E-state index contributed by atoms with van der Waals surface area (Å²) in [5.41, 5.74) is 9.76. The highest BCUT2D eigenvalue weighted by molar-refractivity contribution is 6.22. The Labute approximate surface area is 237 Å². The third kappa shape index (κ3) is 3.76. The Bertz CT molecular complexity index is 2190. The largest absolute Gasteiger partial charge is 0.341 e. The summed E-state index contributed by atoms with van der Waals surface area (Å²) < 4.78 is 0. The number of rotatable bonds is 5. The van der Waals surface area contributed by atoms with Gasteiger partial charge in [0.05, 0.1) is 27.6 Å². The summed E-state index contributed by atoms with van der Waals surface area (Å²) in [6.45, 7) is 12.7. The van der Waals surface area contributed by atoms with Crippen LogP contribution in [-0.4, -0.2) is 43.2 Å². The molecule has 7 aromatic rings. The number of aliphatic imine (C=N–C) groups is 1. The van der Waals surface area contributed by atoms with Crippen molar-refractivity contribution in [1.29, 1.82) is 0 Å². The second kappa shape index (κ2) is 9.34. The Balaban J connectivity index is 1.51. The SMILES string of the molecule is C=Cc1c(C=NC)c2cc(-c3ccc4c(c3)c3nccnc3c3[nH]c(C(C)C)nc43)ccc2c2nc(C(C)C)[nH]c12. The van der Waals surface area contributed by atoms with Crippen molar-refractivity contribution < 1.29 is 0 Å². The van der Waals surface area contributed by atoms with Crippen molar-refractivity contribution in [3.8, 4) is 11.1 Å². The fraction of sp³-hybridized carbons (Fsp3) is 0.206. The Hall–Kier alpha value is -4.91. The average Bonchev–Trinajstić information content (AvgIpc) is 3.64. The summed E-state index contributed by atoms with van der Waals surface area (Å²) in [5, 5.41) is 4.27. The molecule has 7 nitrogen and oxygen atoms in total. The molecule has 0 spiro atoms. The molecule has 0 saturated heterocycles. The first-order valence-corrected chi connectivity index (χ1v) is 14.0. The van der Waals surface area contributed by atoms with Crippen LogP contribution in [0.1, 0.15) is 62.3 Å². The maximum Gasteiger partial charge on any atom is 0.115 e. The van der Waals surface area contributed by atoms with Crippen LogP contribution in [0.5, 0.6) is 0 Å². The van der Waals surface area contributed by atoms with Crippen LogP contribution in [0.2, 0.25) is 0 Å². The Morgan fingerprint density at radius 3 is 1.85 bits per heavy atom. The topological polar surface area (TPSA) is 95.5 Å². The smallest absolute Gasteiger partial charge is 0.115 e. The van der Waals surface area contributed by atoms with Gasteiger partial charge in [-0.1, -0.05) is 64.6 Å². The highest BCUT2D eigenvalue weighted by Crippen LogP contribution is 2.38. The molecule has 0 bridgehead atoms. The van der Waals surface area contributed by atoms with Gasteiger partial charge in [0, 0.05) is 64.8 Å². The zero-order valence-electron chi connectivity index (χ0n) is 23.9. The van der Waals surface area contributed by atoms with Gasteiger partial charge in [-0.2, -0.15) is 0 Å². The molecule has 0 unspecified atom stereocenters. The first kappa shape index (κ1) is 25.1. The van der Waals surface area contributed by atoms with Gasteiger partial charge in [-0.15, -0.1) is 0 Å². The molecular formula is C34H31N7. The maximum absolute atomic E-state index is 5.00. The van der Waals surface area contributed by atoms with E-state index in [1.54, 1.807) is 19.4 Å². The van der Waals surface area contributed by atoms with Crippen molar-refractivity contribution >= 4 is 66.9 Å². The Morgan fingerprint density at radius 2 is 1.24 bits per heavy atom. The fourth-order valence-corrected chi connectivity index (χ4v) is 5.84. The standard InChI is InChI=1S/C34H31N7/c1-7-21-26(16-35-6)24-14-19(8-10-22(24)29-28(21)38-33(39-29)17(2)3)20-9-11-23-25(15-20)27-31(37-13-12-36-27)32-30(23)40-34(41-32)18(4)5/h7-18H,1H2,2-6H3,(H,38,39)(H,40,41). The highest BCUT2D eigenvalue weighted by atomic mass is 14.9. The molecule has 0 saturated carbocycles. The first-order valence-electron chi connectivity index (χ1n) is 14.0. The predicted molar refractivity (Wildman–Crippen MR) is 171 cm³/mol. The van der Waals surface area contributed by atoms with E-state index in [4.69, 9.17) is 19.9 Å². The van der Waals surface area contributed by atoms with Crippen LogP contribution in [0.15, 0.2) is 60.4 Å². The summed E-state index contributed by atoms with van der Waals surface area (Å²) in [4.78, 5) is 30.9. The van der Waals surface area contributed by atoms with Gasteiger partial charge < -0.3 is 9.97 Å². The number of aromatic amines is 2. The van der Waals surface area contributed by atoms with E-state index in [0.29, 0.717) is 0 Å². The fourth-order valence-electron chi connectivity index (χ4n) is 5.84. The quantitative estimate of drug-likeness (QED) is 0.170. The van der Waals surface area contributed by atoms with Crippen LogP contribution in [0.3, 0.4) is 0 Å². The molecule has 202 valence electrons. The Kier molecular flexibility index (Phi) is 5.71. The van der Waals surface area contributed by atoms with Crippen molar-refractivity contribution in [2.24, 2.45) is 4.99 Å². The zero-order valence-corrected chi connectivity index (χ0v) is 23.9. The molecule has 3 aromatic heterocycles. The summed E-state index contributed by atoms with van der Waals surface area (Å²) in [7, 11) is 1.80. The van der Waals surface area contributed by atoms with E-state index in [9.17, 15) is 0 Å². The van der Waals surface area contributed by atoms with E-state index in [2.05, 4.69) is 85.6 Å². The monoisotopic (exact) mass is 537 g/mol. The van der Waals surface area contributed by atoms with Gasteiger partial charge in [-0.3, -0.25) is 15.0 Å². The second-order valence-electron chi connectivity index (χ2n) is 11.2. The summed E-state index contributed by atoms with van der Waals surface area (Å²) in [6.07, 6.45) is 7.31. The van der Waals surface area contributed by atoms with Gasteiger partial charge in [-0.05, 0) is 28.6 Å². The van der Waals surface area contributed by atoms with E-state index in [0.717, 1.165) is 88.5 Å². The van der Waals surface area contributed by atoms with E-state index >= 15 is 0 Å². The number of nitrogens with zero attached hydrogens (tertiary/aromatic N) is 5. The van der Waals surface area contributed by atoms with Crippen LogP contribution in [-0.2, 0) is 0 Å². The number of hydrogen-bond acceptors (Lipinski definition) is 5. The lowest BCUT2D eigenvalue weighted by atomic mass is 9.93. The van der Waals surface area contributed by atoms with Crippen LogP contribution in [0, 0.1) is 0 Å². The molecule has 2 N–H and O–H groups in total. The number of fused-ring (bicyclic) bond motifs is 9. The van der Waals surface area contributed by atoms with E-state index < -0.39 is 0 Å². The predicted octanol–water partition coefficient (Wildman–Crippen LogP) is 8.29. The van der Waals surface area contributed by atoms with Crippen LogP contribution in [0.25, 0.3) is 71.8 Å². The van der Waals surface area contributed by atoms with Crippen molar-refractivity contribution in [2.45, 2.75) is 39.5 Å². The third-order valence-corrected chi connectivity index (χ3v) is 7.92. The minimum atomic E-state index is 0.278. The molecule has 7 heteroatoms. The van der Waals surface area contributed by atoms with Gasteiger partial charge in [0.2, 0.25) is 0 Å². The van der Waals surface area contributed by atoms with Crippen molar-refractivity contribution in [3.05, 3.63) is 78.1 Å². The van der Waals surface area contributed by atoms with Gasteiger partial charge in [-0.25, -0.2) is 9.97 Å². The lowest BCUT2D eigenvalue weighted by Crippen LogP contribution is -1.94. The lowest BCUT2D eigenvalue weighted by molar-refractivity contribution is 0.799. The number of imidazole rings is 2. The minimum Gasteiger partial charge on any atom is -0.341 e. The molecule has 0 amide bonds.